The fourth-order valence-corrected chi connectivity index (χ4v) is 5.99. The molecule has 1 amide bonds. The lowest BCUT2D eigenvalue weighted by Gasteiger charge is -2.55. The van der Waals surface area contributed by atoms with Crippen molar-refractivity contribution in [2.24, 2.45) is 23.5 Å². The second kappa shape index (κ2) is 7.64. The Kier molecular flexibility index (Phi) is 5.01. The highest BCUT2D eigenvalue weighted by molar-refractivity contribution is 5.95. The van der Waals surface area contributed by atoms with Crippen LogP contribution in [0, 0.1) is 17.8 Å². The lowest BCUT2D eigenvalue weighted by Crippen LogP contribution is -2.62. The number of aromatic nitrogens is 1. The lowest BCUT2D eigenvalue weighted by atomic mass is 9.74. The van der Waals surface area contributed by atoms with Crippen LogP contribution in [0.25, 0.3) is 0 Å². The van der Waals surface area contributed by atoms with Crippen molar-refractivity contribution in [3.05, 3.63) is 24.0 Å². The molecule has 28 heavy (non-hydrogen) atoms. The average molecular weight is 385 g/mol. The van der Waals surface area contributed by atoms with Gasteiger partial charge in [0.2, 0.25) is 0 Å². The summed E-state index contributed by atoms with van der Waals surface area (Å²) in [5, 5.41) is 0. The Labute approximate surface area is 167 Å². The number of carbonyl (C=O) groups is 1. The average Bonchev–Trinajstić information content (AvgIpc) is 3.56. The highest BCUT2D eigenvalue weighted by Crippen LogP contribution is 2.46. The number of nitrogens with two attached hydrogens (primary N) is 1. The van der Waals surface area contributed by atoms with E-state index < -0.39 is 0 Å². The molecule has 2 bridgehead atoms. The number of ether oxygens (including phenoxy) is 1. The molecule has 4 aliphatic rings. The second-order valence-electron chi connectivity index (χ2n) is 9.16. The Balaban J connectivity index is 1.32. The number of piperidine rings is 3. The van der Waals surface area contributed by atoms with Crippen molar-refractivity contribution in [1.29, 1.82) is 0 Å². The number of likely N-dealkylation sites (tertiary alicyclic amines) is 1. The van der Waals surface area contributed by atoms with E-state index in [1.165, 1.54) is 45.1 Å². The van der Waals surface area contributed by atoms with E-state index in [4.69, 9.17) is 10.5 Å². The number of hydrogen-bond acceptors (Lipinski definition) is 5. The molecule has 0 aromatic carbocycles. The summed E-state index contributed by atoms with van der Waals surface area (Å²) >= 11 is 0. The van der Waals surface area contributed by atoms with Crippen LogP contribution in [0.15, 0.2) is 18.3 Å². The van der Waals surface area contributed by atoms with Gasteiger partial charge in [-0.1, -0.05) is 6.42 Å². The minimum absolute atomic E-state index is 0.0188. The molecule has 5 rings (SSSR count). The summed E-state index contributed by atoms with van der Waals surface area (Å²) in [5.74, 6) is 2.73. The normalized spacial score (nSPS) is 32.7. The zero-order valence-electron chi connectivity index (χ0n) is 16.6. The number of fused-ring (bicyclic) bond motifs is 4. The quantitative estimate of drug-likeness (QED) is 0.842. The number of carbonyl (C=O) groups excluding carboxylic acids is 1. The summed E-state index contributed by atoms with van der Waals surface area (Å²) in [4.78, 5) is 22.6. The van der Waals surface area contributed by atoms with Crippen molar-refractivity contribution in [1.82, 2.24) is 14.8 Å². The molecule has 1 aliphatic carbocycles. The van der Waals surface area contributed by atoms with Gasteiger partial charge in [-0.05, 0) is 62.0 Å². The molecule has 4 heterocycles. The first-order valence-electron chi connectivity index (χ1n) is 11.1. The third-order valence-corrected chi connectivity index (χ3v) is 7.24. The Hall–Kier alpha value is -1.66. The molecule has 4 fully saturated rings. The standard InChI is InChI=1S/C22H32N4O2/c23-8-10-28-20-5-2-9-24-21(20)22(27)25-12-15-11-17(14-25)19-4-1-3-18(16-6-7-16)26(19)13-15/h2,5,9,15-19H,1,3-4,6-8,10-14,23H2/t15-,17+,18+,19-/m0/s1. The van der Waals surface area contributed by atoms with Crippen molar-refractivity contribution in [3.63, 3.8) is 0 Å². The molecule has 1 aromatic heterocycles. The first kappa shape index (κ1) is 18.4. The van der Waals surface area contributed by atoms with Crippen LogP contribution in [0.4, 0.5) is 0 Å². The zero-order chi connectivity index (χ0) is 19.1. The molecule has 6 heteroatoms. The van der Waals surface area contributed by atoms with E-state index in [0.29, 0.717) is 42.5 Å². The lowest BCUT2D eigenvalue weighted by molar-refractivity contribution is -0.0552. The second-order valence-corrected chi connectivity index (χ2v) is 9.16. The molecule has 6 nitrogen and oxygen atoms in total. The fraction of sp³-hybridized carbons (Fsp3) is 0.727. The van der Waals surface area contributed by atoms with Crippen molar-refractivity contribution in [2.45, 2.75) is 50.6 Å². The molecular weight excluding hydrogens is 352 g/mol. The van der Waals surface area contributed by atoms with Crippen LogP contribution in [0.2, 0.25) is 0 Å². The molecule has 1 saturated carbocycles. The highest BCUT2D eigenvalue weighted by atomic mass is 16.5. The van der Waals surface area contributed by atoms with Crippen LogP contribution in [0.3, 0.4) is 0 Å². The van der Waals surface area contributed by atoms with Gasteiger partial charge in [0.25, 0.3) is 5.91 Å². The van der Waals surface area contributed by atoms with Gasteiger partial charge in [-0.3, -0.25) is 9.69 Å². The Bertz CT molecular complexity index is 722. The van der Waals surface area contributed by atoms with E-state index in [1.807, 2.05) is 12.1 Å². The molecule has 0 unspecified atom stereocenters. The van der Waals surface area contributed by atoms with E-state index in [1.54, 1.807) is 6.20 Å². The minimum Gasteiger partial charge on any atom is -0.490 e. The first-order chi connectivity index (χ1) is 13.7. The van der Waals surface area contributed by atoms with Crippen LogP contribution in [0.5, 0.6) is 5.75 Å². The Morgan fingerprint density at radius 3 is 2.75 bits per heavy atom. The summed E-state index contributed by atoms with van der Waals surface area (Å²) in [5.41, 5.74) is 6.00. The number of hydrogen-bond donors (Lipinski definition) is 1. The van der Waals surface area contributed by atoms with Crippen LogP contribution in [-0.2, 0) is 0 Å². The maximum absolute atomic E-state index is 13.3. The molecule has 152 valence electrons. The van der Waals surface area contributed by atoms with Gasteiger partial charge in [-0.2, -0.15) is 0 Å². The molecule has 1 aromatic rings. The molecule has 0 radical (unpaired) electrons. The SMILES string of the molecule is NCCOc1cccnc1C(=O)N1C[C@@H]2C[C@H](C1)[C@@H]1CCC[C@H](C3CC3)N1C2. The molecule has 4 atom stereocenters. The van der Waals surface area contributed by atoms with Gasteiger partial charge in [0.1, 0.15) is 6.61 Å². The van der Waals surface area contributed by atoms with E-state index in [9.17, 15) is 4.79 Å². The van der Waals surface area contributed by atoms with Gasteiger partial charge >= 0.3 is 0 Å². The smallest absolute Gasteiger partial charge is 0.276 e. The van der Waals surface area contributed by atoms with E-state index in [0.717, 1.165) is 25.0 Å². The maximum Gasteiger partial charge on any atom is 0.276 e. The number of amides is 1. The third kappa shape index (κ3) is 3.41. The number of pyridine rings is 1. The van der Waals surface area contributed by atoms with Gasteiger partial charge in [-0.25, -0.2) is 4.98 Å². The van der Waals surface area contributed by atoms with Gasteiger partial charge in [0, 0.05) is 44.5 Å². The van der Waals surface area contributed by atoms with Crippen LogP contribution in [0.1, 0.15) is 49.0 Å². The van der Waals surface area contributed by atoms with Crippen molar-refractivity contribution >= 4 is 5.91 Å². The van der Waals surface area contributed by atoms with Crippen molar-refractivity contribution in [3.8, 4) is 5.75 Å². The maximum atomic E-state index is 13.3. The molecule has 3 aliphatic heterocycles. The summed E-state index contributed by atoms with van der Waals surface area (Å²) in [6.07, 6.45) is 9.86. The summed E-state index contributed by atoms with van der Waals surface area (Å²) in [7, 11) is 0. The summed E-state index contributed by atoms with van der Waals surface area (Å²) in [6, 6.07) is 5.12. The largest absolute Gasteiger partial charge is 0.490 e. The Morgan fingerprint density at radius 1 is 1.14 bits per heavy atom. The first-order valence-corrected chi connectivity index (χ1v) is 11.1. The van der Waals surface area contributed by atoms with Crippen molar-refractivity contribution in [2.75, 3.05) is 32.8 Å². The molecule has 0 spiro atoms. The van der Waals surface area contributed by atoms with Gasteiger partial charge in [0.15, 0.2) is 11.4 Å². The van der Waals surface area contributed by atoms with E-state index in [-0.39, 0.29) is 5.91 Å². The summed E-state index contributed by atoms with van der Waals surface area (Å²) < 4.78 is 5.68. The van der Waals surface area contributed by atoms with Crippen LogP contribution < -0.4 is 10.5 Å². The monoisotopic (exact) mass is 384 g/mol. The van der Waals surface area contributed by atoms with Crippen molar-refractivity contribution < 1.29 is 9.53 Å². The minimum atomic E-state index is 0.0188. The van der Waals surface area contributed by atoms with E-state index in [2.05, 4.69) is 14.8 Å². The molecule has 3 saturated heterocycles. The molecule has 2 N–H and O–H groups in total. The summed E-state index contributed by atoms with van der Waals surface area (Å²) in [6.45, 7) is 3.71. The van der Waals surface area contributed by atoms with Gasteiger partial charge in [0.05, 0.1) is 0 Å². The predicted molar refractivity (Wildman–Crippen MR) is 107 cm³/mol. The zero-order valence-corrected chi connectivity index (χ0v) is 16.6. The fourth-order valence-electron chi connectivity index (χ4n) is 5.99. The van der Waals surface area contributed by atoms with Gasteiger partial charge < -0.3 is 15.4 Å². The number of nitrogens with zero attached hydrogens (tertiary/aromatic N) is 3. The molecular formula is C22H32N4O2. The topological polar surface area (TPSA) is 71.7 Å². The van der Waals surface area contributed by atoms with Crippen LogP contribution in [-0.4, -0.2) is 65.6 Å². The Morgan fingerprint density at radius 2 is 1.96 bits per heavy atom. The van der Waals surface area contributed by atoms with Gasteiger partial charge in [-0.15, -0.1) is 0 Å². The number of rotatable bonds is 5. The predicted octanol–water partition coefficient (Wildman–Crippen LogP) is 2.14. The third-order valence-electron chi connectivity index (χ3n) is 7.24. The highest BCUT2D eigenvalue weighted by Gasteiger charge is 2.48. The van der Waals surface area contributed by atoms with Crippen LogP contribution >= 0.6 is 0 Å². The van der Waals surface area contributed by atoms with E-state index >= 15 is 0 Å².